The Kier molecular flexibility index (Phi) is 6.26. The monoisotopic (exact) mass is 234 g/mol. The number of rotatable bonds is 6. The maximum Gasteiger partial charge on any atom is 0.311 e. The van der Waals surface area contributed by atoms with Crippen LogP contribution in [0.15, 0.2) is 0 Å². The van der Waals surface area contributed by atoms with Crippen molar-refractivity contribution in [2.45, 2.75) is 52.8 Å². The first-order valence-corrected chi connectivity index (χ1v) is 6.00. The molecule has 0 bridgehead atoms. The van der Waals surface area contributed by atoms with Gasteiger partial charge in [-0.25, -0.2) is 0 Å². The summed E-state index contributed by atoms with van der Waals surface area (Å²) in [5, 5.41) is 0.113. The molecule has 0 aliphatic carbocycles. The Morgan fingerprint density at radius 1 is 1.33 bits per heavy atom. The summed E-state index contributed by atoms with van der Waals surface area (Å²) < 4.78 is 5.22. The van der Waals surface area contributed by atoms with Gasteiger partial charge in [0.05, 0.1) is 12.0 Å². The van der Waals surface area contributed by atoms with Gasteiger partial charge in [0.2, 0.25) is 0 Å². The first-order chi connectivity index (χ1) is 6.75. The van der Waals surface area contributed by atoms with Crippen molar-refractivity contribution < 1.29 is 9.53 Å². The van der Waals surface area contributed by atoms with Crippen LogP contribution in [0.1, 0.15) is 47.5 Å². The Bertz CT molecular complexity index is 198. The van der Waals surface area contributed by atoms with Crippen LogP contribution in [0, 0.1) is 11.3 Å². The van der Waals surface area contributed by atoms with E-state index in [-0.39, 0.29) is 11.3 Å². The van der Waals surface area contributed by atoms with Gasteiger partial charge in [0.1, 0.15) is 0 Å². The summed E-state index contributed by atoms with van der Waals surface area (Å²) in [6.07, 6.45) is 1.61. The van der Waals surface area contributed by atoms with Crippen LogP contribution < -0.4 is 0 Å². The van der Waals surface area contributed by atoms with Gasteiger partial charge in [0.25, 0.3) is 0 Å². The molecule has 0 rings (SSSR count). The van der Waals surface area contributed by atoms with E-state index in [0.717, 1.165) is 12.8 Å². The summed E-state index contributed by atoms with van der Waals surface area (Å²) in [5.74, 6) is 0.269. The van der Waals surface area contributed by atoms with E-state index >= 15 is 0 Å². The fourth-order valence-electron chi connectivity index (χ4n) is 1.10. The topological polar surface area (TPSA) is 26.3 Å². The second-order valence-electron chi connectivity index (χ2n) is 5.20. The van der Waals surface area contributed by atoms with Crippen LogP contribution in [-0.2, 0) is 9.53 Å². The van der Waals surface area contributed by atoms with Gasteiger partial charge >= 0.3 is 5.97 Å². The normalized spacial score (nSPS) is 14.1. The molecule has 0 saturated carbocycles. The van der Waals surface area contributed by atoms with Gasteiger partial charge in [-0.1, -0.05) is 13.8 Å². The minimum Gasteiger partial charge on any atom is -0.465 e. The van der Waals surface area contributed by atoms with E-state index in [1.165, 1.54) is 0 Å². The molecular weight excluding hydrogens is 212 g/mol. The fraction of sp³-hybridized carbons (Fsp3) is 0.917. The molecule has 15 heavy (non-hydrogen) atoms. The molecule has 0 aliphatic rings. The standard InChI is InChI=1S/C12H23ClO2/c1-9(2)8-15-11(14)12(4,5)7-6-10(3)13/h9-10H,6-8H2,1-5H3. The van der Waals surface area contributed by atoms with Gasteiger partial charge in [0.15, 0.2) is 0 Å². The van der Waals surface area contributed by atoms with E-state index in [4.69, 9.17) is 16.3 Å². The van der Waals surface area contributed by atoms with E-state index in [2.05, 4.69) is 0 Å². The van der Waals surface area contributed by atoms with Gasteiger partial charge in [-0.15, -0.1) is 11.6 Å². The van der Waals surface area contributed by atoms with E-state index in [1.807, 2.05) is 34.6 Å². The van der Waals surface area contributed by atoms with E-state index < -0.39 is 5.41 Å². The van der Waals surface area contributed by atoms with Crippen LogP contribution in [-0.4, -0.2) is 18.0 Å². The number of ether oxygens (including phenoxy) is 1. The highest BCUT2D eigenvalue weighted by Crippen LogP contribution is 2.26. The minimum atomic E-state index is -0.419. The molecular formula is C12H23ClO2. The molecule has 0 aromatic carbocycles. The van der Waals surface area contributed by atoms with Crippen LogP contribution in [0.25, 0.3) is 0 Å². The first-order valence-electron chi connectivity index (χ1n) is 5.57. The van der Waals surface area contributed by atoms with E-state index in [9.17, 15) is 4.79 Å². The Balaban J connectivity index is 4.02. The smallest absolute Gasteiger partial charge is 0.311 e. The summed E-state index contributed by atoms with van der Waals surface area (Å²) >= 11 is 5.86. The molecule has 2 nitrogen and oxygen atoms in total. The maximum absolute atomic E-state index is 11.7. The molecule has 0 N–H and O–H groups in total. The molecule has 3 heteroatoms. The summed E-state index contributed by atoms with van der Waals surface area (Å²) in [6, 6.07) is 0. The van der Waals surface area contributed by atoms with Gasteiger partial charge < -0.3 is 4.74 Å². The molecule has 1 atom stereocenters. The lowest BCUT2D eigenvalue weighted by Crippen LogP contribution is -2.28. The first kappa shape index (κ1) is 14.8. The third-order valence-electron chi connectivity index (χ3n) is 2.27. The Labute approximate surface area is 98.3 Å². The minimum absolute atomic E-state index is 0.113. The molecule has 0 aromatic rings. The number of alkyl halides is 1. The molecule has 0 amide bonds. The van der Waals surface area contributed by atoms with Crippen LogP contribution in [0.4, 0.5) is 0 Å². The van der Waals surface area contributed by atoms with Crippen molar-refractivity contribution >= 4 is 17.6 Å². The zero-order valence-electron chi connectivity index (χ0n) is 10.5. The molecule has 0 spiro atoms. The number of esters is 1. The molecule has 90 valence electrons. The van der Waals surface area contributed by atoms with Crippen molar-refractivity contribution in [3.05, 3.63) is 0 Å². The van der Waals surface area contributed by atoms with Gasteiger partial charge in [-0.05, 0) is 39.5 Å². The number of hydrogen-bond acceptors (Lipinski definition) is 2. The lowest BCUT2D eigenvalue weighted by Gasteiger charge is -2.23. The Morgan fingerprint density at radius 2 is 1.87 bits per heavy atom. The molecule has 0 radical (unpaired) electrons. The van der Waals surface area contributed by atoms with Crippen molar-refractivity contribution in [2.24, 2.45) is 11.3 Å². The van der Waals surface area contributed by atoms with Crippen molar-refractivity contribution in [1.29, 1.82) is 0 Å². The van der Waals surface area contributed by atoms with Gasteiger partial charge in [-0.3, -0.25) is 4.79 Å². The zero-order valence-corrected chi connectivity index (χ0v) is 11.2. The largest absolute Gasteiger partial charge is 0.465 e. The molecule has 0 aromatic heterocycles. The molecule has 0 heterocycles. The summed E-state index contributed by atoms with van der Waals surface area (Å²) in [7, 11) is 0. The van der Waals surface area contributed by atoms with Gasteiger partial charge in [0, 0.05) is 5.38 Å². The summed E-state index contributed by atoms with van der Waals surface area (Å²) in [5.41, 5.74) is -0.419. The van der Waals surface area contributed by atoms with Crippen molar-refractivity contribution in [2.75, 3.05) is 6.61 Å². The van der Waals surface area contributed by atoms with Gasteiger partial charge in [-0.2, -0.15) is 0 Å². The van der Waals surface area contributed by atoms with E-state index in [1.54, 1.807) is 0 Å². The summed E-state index contributed by atoms with van der Waals surface area (Å²) in [4.78, 5) is 11.7. The molecule has 1 unspecified atom stereocenters. The van der Waals surface area contributed by atoms with Crippen LogP contribution >= 0.6 is 11.6 Å². The quantitative estimate of drug-likeness (QED) is 0.518. The second-order valence-corrected chi connectivity index (χ2v) is 5.94. The lowest BCUT2D eigenvalue weighted by molar-refractivity contribution is -0.155. The van der Waals surface area contributed by atoms with Crippen LogP contribution in [0.2, 0.25) is 0 Å². The number of carbonyl (C=O) groups excluding carboxylic acids is 1. The predicted molar refractivity (Wildman–Crippen MR) is 64.1 cm³/mol. The van der Waals surface area contributed by atoms with Crippen molar-refractivity contribution in [3.8, 4) is 0 Å². The third-order valence-corrected chi connectivity index (χ3v) is 2.49. The third kappa shape index (κ3) is 6.77. The zero-order chi connectivity index (χ0) is 12.1. The number of carbonyl (C=O) groups is 1. The lowest BCUT2D eigenvalue weighted by atomic mass is 9.87. The van der Waals surface area contributed by atoms with Crippen LogP contribution in [0.5, 0.6) is 0 Å². The highest BCUT2D eigenvalue weighted by atomic mass is 35.5. The predicted octanol–water partition coefficient (Wildman–Crippen LogP) is 3.62. The molecule has 0 aliphatic heterocycles. The summed E-state index contributed by atoms with van der Waals surface area (Å²) in [6.45, 7) is 10.3. The highest BCUT2D eigenvalue weighted by Gasteiger charge is 2.29. The van der Waals surface area contributed by atoms with Crippen LogP contribution in [0.3, 0.4) is 0 Å². The average Bonchev–Trinajstić information content (AvgIpc) is 2.11. The average molecular weight is 235 g/mol. The second kappa shape index (κ2) is 6.37. The molecule has 0 fully saturated rings. The molecule has 0 saturated heterocycles. The Hall–Kier alpha value is -0.240. The number of halogens is 1. The fourth-order valence-corrected chi connectivity index (χ4v) is 1.21. The highest BCUT2D eigenvalue weighted by molar-refractivity contribution is 6.20. The SMILES string of the molecule is CC(C)COC(=O)C(C)(C)CCC(C)Cl. The van der Waals surface area contributed by atoms with Crippen molar-refractivity contribution in [3.63, 3.8) is 0 Å². The number of hydrogen-bond donors (Lipinski definition) is 0. The Morgan fingerprint density at radius 3 is 2.27 bits per heavy atom. The maximum atomic E-state index is 11.7. The van der Waals surface area contributed by atoms with Crippen molar-refractivity contribution in [1.82, 2.24) is 0 Å². The van der Waals surface area contributed by atoms with E-state index in [0.29, 0.717) is 12.5 Å².